The lowest BCUT2D eigenvalue weighted by Crippen LogP contribution is -2.00. The predicted octanol–water partition coefficient (Wildman–Crippen LogP) is 1.45. The molecule has 0 saturated heterocycles. The highest BCUT2D eigenvalue weighted by Crippen LogP contribution is 2.18. The highest BCUT2D eigenvalue weighted by molar-refractivity contribution is 5.98. The molecule has 1 aliphatic rings. The van der Waals surface area contributed by atoms with Gasteiger partial charge in [0.25, 0.3) is 0 Å². The number of hydrogen-bond donors (Lipinski definition) is 2. The standard InChI is InChI=1S/C12H16O4/c13-10-7-9(11(14)8-10)5-3-1-2-4-6-12(15)16/h1,3,7,10,13H,2,4-6,8H2,(H,15,16)/b3-1-. The Kier molecular flexibility index (Phi) is 4.92. The Hall–Kier alpha value is -1.42. The Labute approximate surface area is 94.3 Å². The Morgan fingerprint density at radius 3 is 2.81 bits per heavy atom. The summed E-state index contributed by atoms with van der Waals surface area (Å²) in [4.78, 5) is 21.5. The molecule has 0 aromatic carbocycles. The van der Waals surface area contributed by atoms with Crippen LogP contribution in [0, 0.1) is 0 Å². The van der Waals surface area contributed by atoms with Crippen LogP contribution in [0.2, 0.25) is 0 Å². The van der Waals surface area contributed by atoms with Gasteiger partial charge in [-0.25, -0.2) is 0 Å². The molecule has 16 heavy (non-hydrogen) atoms. The van der Waals surface area contributed by atoms with E-state index in [-0.39, 0.29) is 18.6 Å². The zero-order valence-electron chi connectivity index (χ0n) is 9.06. The maximum absolute atomic E-state index is 11.3. The fourth-order valence-electron chi connectivity index (χ4n) is 1.59. The van der Waals surface area contributed by atoms with Crippen molar-refractivity contribution in [3.05, 3.63) is 23.8 Å². The van der Waals surface area contributed by atoms with Crippen molar-refractivity contribution in [3.63, 3.8) is 0 Å². The lowest BCUT2D eigenvalue weighted by atomic mass is 10.1. The van der Waals surface area contributed by atoms with E-state index in [1.807, 2.05) is 12.2 Å². The monoisotopic (exact) mass is 224 g/mol. The summed E-state index contributed by atoms with van der Waals surface area (Å²) < 4.78 is 0. The molecule has 0 aliphatic heterocycles. The van der Waals surface area contributed by atoms with E-state index in [0.29, 0.717) is 24.8 Å². The first kappa shape index (κ1) is 12.6. The first-order valence-corrected chi connectivity index (χ1v) is 5.38. The Morgan fingerprint density at radius 1 is 1.50 bits per heavy atom. The van der Waals surface area contributed by atoms with Crippen molar-refractivity contribution in [2.75, 3.05) is 0 Å². The molecule has 4 nitrogen and oxygen atoms in total. The van der Waals surface area contributed by atoms with Gasteiger partial charge in [-0.1, -0.05) is 12.2 Å². The predicted molar refractivity (Wildman–Crippen MR) is 59.0 cm³/mol. The zero-order chi connectivity index (χ0) is 12.0. The van der Waals surface area contributed by atoms with Crippen LogP contribution in [0.5, 0.6) is 0 Å². The molecule has 0 fully saturated rings. The summed E-state index contributed by atoms with van der Waals surface area (Å²) in [5, 5.41) is 17.6. The van der Waals surface area contributed by atoms with E-state index < -0.39 is 12.1 Å². The number of hydrogen-bond acceptors (Lipinski definition) is 3. The molecule has 0 saturated carbocycles. The van der Waals surface area contributed by atoms with Gasteiger partial charge in [0.1, 0.15) is 0 Å². The van der Waals surface area contributed by atoms with E-state index in [2.05, 4.69) is 0 Å². The van der Waals surface area contributed by atoms with Crippen LogP contribution >= 0.6 is 0 Å². The second-order valence-corrected chi connectivity index (χ2v) is 3.85. The first-order valence-electron chi connectivity index (χ1n) is 5.38. The number of aliphatic carboxylic acids is 1. The lowest BCUT2D eigenvalue weighted by molar-refractivity contribution is -0.137. The second kappa shape index (κ2) is 6.23. The maximum atomic E-state index is 11.3. The molecule has 0 amide bonds. The Morgan fingerprint density at radius 2 is 2.25 bits per heavy atom. The molecule has 88 valence electrons. The topological polar surface area (TPSA) is 74.6 Å². The molecule has 0 bridgehead atoms. The SMILES string of the molecule is O=C(O)CCC/C=C\CC1=CC(O)CC1=O. The van der Waals surface area contributed by atoms with E-state index in [1.54, 1.807) is 6.08 Å². The smallest absolute Gasteiger partial charge is 0.303 e. The lowest BCUT2D eigenvalue weighted by Gasteiger charge is -1.94. The molecule has 1 aliphatic carbocycles. The Balaban J connectivity index is 2.19. The van der Waals surface area contributed by atoms with Crippen LogP contribution in [0.25, 0.3) is 0 Å². The fraction of sp³-hybridized carbons (Fsp3) is 0.500. The molecule has 4 heteroatoms. The first-order chi connectivity index (χ1) is 7.59. The molecular weight excluding hydrogens is 208 g/mol. The number of carboxylic acid groups (broad SMARTS) is 1. The number of aliphatic hydroxyl groups is 1. The van der Waals surface area contributed by atoms with Crippen molar-refractivity contribution in [2.45, 2.75) is 38.2 Å². The highest BCUT2D eigenvalue weighted by Gasteiger charge is 2.20. The third-order valence-corrected chi connectivity index (χ3v) is 2.41. The molecule has 1 rings (SSSR count). The van der Waals surface area contributed by atoms with E-state index in [1.165, 1.54) is 0 Å². The minimum atomic E-state index is -0.787. The normalized spacial score (nSPS) is 20.4. The molecular formula is C12H16O4. The summed E-state index contributed by atoms with van der Waals surface area (Å²) in [7, 11) is 0. The van der Waals surface area contributed by atoms with Gasteiger partial charge < -0.3 is 10.2 Å². The average Bonchev–Trinajstić information content (AvgIpc) is 2.50. The van der Waals surface area contributed by atoms with Crippen LogP contribution in [0.15, 0.2) is 23.8 Å². The van der Waals surface area contributed by atoms with Gasteiger partial charge in [0.05, 0.1) is 6.10 Å². The number of allylic oxidation sites excluding steroid dienone is 3. The minimum Gasteiger partial charge on any atom is -0.481 e. The van der Waals surface area contributed by atoms with Crippen molar-refractivity contribution in [3.8, 4) is 0 Å². The molecule has 1 unspecified atom stereocenters. The van der Waals surface area contributed by atoms with Crippen molar-refractivity contribution >= 4 is 11.8 Å². The number of carbonyl (C=O) groups is 2. The number of unbranched alkanes of at least 4 members (excludes halogenated alkanes) is 1. The summed E-state index contributed by atoms with van der Waals surface area (Å²) in [5.41, 5.74) is 0.655. The second-order valence-electron chi connectivity index (χ2n) is 3.85. The molecule has 0 radical (unpaired) electrons. The maximum Gasteiger partial charge on any atom is 0.303 e. The van der Waals surface area contributed by atoms with E-state index in [9.17, 15) is 14.7 Å². The molecule has 0 aromatic rings. The van der Waals surface area contributed by atoms with Crippen molar-refractivity contribution in [2.24, 2.45) is 0 Å². The van der Waals surface area contributed by atoms with Crippen LogP contribution in [0.4, 0.5) is 0 Å². The molecule has 0 heterocycles. The van der Waals surface area contributed by atoms with Gasteiger partial charge in [0.2, 0.25) is 0 Å². The molecule has 2 N–H and O–H groups in total. The van der Waals surface area contributed by atoms with Gasteiger partial charge in [-0.3, -0.25) is 9.59 Å². The summed E-state index contributed by atoms with van der Waals surface area (Å²) in [6.07, 6.45) is 6.91. The average molecular weight is 224 g/mol. The number of aliphatic hydroxyl groups excluding tert-OH is 1. The zero-order valence-corrected chi connectivity index (χ0v) is 9.06. The summed E-state index contributed by atoms with van der Waals surface area (Å²) in [6.45, 7) is 0. The van der Waals surface area contributed by atoms with E-state index >= 15 is 0 Å². The van der Waals surface area contributed by atoms with Crippen molar-refractivity contribution in [1.29, 1.82) is 0 Å². The number of ketones is 1. The third-order valence-electron chi connectivity index (χ3n) is 2.41. The van der Waals surface area contributed by atoms with Gasteiger partial charge in [-0.15, -0.1) is 0 Å². The van der Waals surface area contributed by atoms with E-state index in [0.717, 1.165) is 0 Å². The molecule has 0 spiro atoms. The van der Waals surface area contributed by atoms with Crippen molar-refractivity contribution in [1.82, 2.24) is 0 Å². The number of rotatable bonds is 6. The number of carboxylic acids is 1. The quantitative estimate of drug-likeness (QED) is 0.529. The van der Waals surface area contributed by atoms with Crippen LogP contribution < -0.4 is 0 Å². The third kappa shape index (κ3) is 4.40. The molecule has 1 atom stereocenters. The largest absolute Gasteiger partial charge is 0.481 e. The summed E-state index contributed by atoms with van der Waals surface area (Å²) >= 11 is 0. The van der Waals surface area contributed by atoms with E-state index in [4.69, 9.17) is 5.11 Å². The van der Waals surface area contributed by atoms with Gasteiger partial charge in [0.15, 0.2) is 5.78 Å². The van der Waals surface area contributed by atoms with Gasteiger partial charge in [-0.05, 0) is 30.9 Å². The van der Waals surface area contributed by atoms with Gasteiger partial charge in [-0.2, -0.15) is 0 Å². The highest BCUT2D eigenvalue weighted by atomic mass is 16.4. The van der Waals surface area contributed by atoms with Crippen LogP contribution in [0.1, 0.15) is 32.1 Å². The Bertz CT molecular complexity index is 328. The summed E-state index contributed by atoms with van der Waals surface area (Å²) in [6, 6.07) is 0. The molecule has 0 aromatic heterocycles. The number of carbonyl (C=O) groups excluding carboxylic acids is 1. The van der Waals surface area contributed by atoms with Crippen LogP contribution in [-0.4, -0.2) is 28.1 Å². The fourth-order valence-corrected chi connectivity index (χ4v) is 1.59. The van der Waals surface area contributed by atoms with Crippen molar-refractivity contribution < 1.29 is 19.8 Å². The van der Waals surface area contributed by atoms with Gasteiger partial charge in [0, 0.05) is 12.8 Å². The van der Waals surface area contributed by atoms with Crippen LogP contribution in [0.3, 0.4) is 0 Å². The van der Waals surface area contributed by atoms with Crippen LogP contribution in [-0.2, 0) is 9.59 Å². The number of Topliss-reactive ketones (excluding diaryl/α,β-unsaturated/α-hetero) is 1. The van der Waals surface area contributed by atoms with Gasteiger partial charge >= 0.3 is 5.97 Å². The summed E-state index contributed by atoms with van der Waals surface area (Å²) in [5.74, 6) is -0.784. The minimum absolute atomic E-state index is 0.00249.